The summed E-state index contributed by atoms with van der Waals surface area (Å²) in [5.74, 6) is -1.29. The molecular weight excluding hydrogens is 397 g/mol. The van der Waals surface area contributed by atoms with Gasteiger partial charge in [0.25, 0.3) is 0 Å². The SMILES string of the molecule is CCN(CC(=O)NCc1ccc(F)cc1)C(=O)C1CC(=O)N(Cc2ccc(C)cc2)C1. The molecule has 164 valence electrons. The van der Waals surface area contributed by atoms with Crippen LogP contribution in [-0.2, 0) is 27.5 Å². The van der Waals surface area contributed by atoms with E-state index in [1.807, 2.05) is 38.1 Å². The monoisotopic (exact) mass is 425 g/mol. The number of aryl methyl sites for hydroxylation is 1. The summed E-state index contributed by atoms with van der Waals surface area (Å²) < 4.78 is 13.0. The van der Waals surface area contributed by atoms with E-state index in [2.05, 4.69) is 5.32 Å². The Kier molecular flexibility index (Phi) is 7.39. The second kappa shape index (κ2) is 10.2. The molecule has 1 heterocycles. The minimum absolute atomic E-state index is 0.0456. The lowest BCUT2D eigenvalue weighted by molar-refractivity contribution is -0.139. The van der Waals surface area contributed by atoms with Crippen LogP contribution in [0, 0.1) is 18.7 Å². The van der Waals surface area contributed by atoms with Crippen LogP contribution in [0.25, 0.3) is 0 Å². The van der Waals surface area contributed by atoms with Crippen LogP contribution in [0.5, 0.6) is 0 Å². The molecule has 0 aliphatic carbocycles. The summed E-state index contributed by atoms with van der Waals surface area (Å²) >= 11 is 0. The molecule has 0 bridgehead atoms. The van der Waals surface area contributed by atoms with Crippen molar-refractivity contribution in [2.24, 2.45) is 5.92 Å². The molecule has 0 saturated carbocycles. The molecule has 1 saturated heterocycles. The van der Waals surface area contributed by atoms with E-state index < -0.39 is 5.92 Å². The van der Waals surface area contributed by atoms with Gasteiger partial charge in [0.05, 0.1) is 12.5 Å². The van der Waals surface area contributed by atoms with E-state index >= 15 is 0 Å². The molecular formula is C24H28FN3O3. The number of halogens is 1. The van der Waals surface area contributed by atoms with Gasteiger partial charge in [-0.3, -0.25) is 14.4 Å². The fourth-order valence-electron chi connectivity index (χ4n) is 3.64. The molecule has 0 spiro atoms. The van der Waals surface area contributed by atoms with Gasteiger partial charge in [0.15, 0.2) is 0 Å². The fourth-order valence-corrected chi connectivity index (χ4v) is 3.64. The van der Waals surface area contributed by atoms with Crippen LogP contribution in [0.2, 0.25) is 0 Å². The van der Waals surface area contributed by atoms with Gasteiger partial charge in [-0.1, -0.05) is 42.0 Å². The van der Waals surface area contributed by atoms with Crippen LogP contribution < -0.4 is 5.32 Å². The molecule has 1 unspecified atom stereocenters. The van der Waals surface area contributed by atoms with E-state index in [-0.39, 0.29) is 43.0 Å². The smallest absolute Gasteiger partial charge is 0.239 e. The summed E-state index contributed by atoms with van der Waals surface area (Å²) in [6.07, 6.45) is 0.165. The Morgan fingerprint density at radius 2 is 1.74 bits per heavy atom. The first kappa shape index (κ1) is 22.5. The van der Waals surface area contributed by atoms with E-state index in [1.165, 1.54) is 17.0 Å². The van der Waals surface area contributed by atoms with Crippen molar-refractivity contribution in [1.82, 2.24) is 15.1 Å². The Balaban J connectivity index is 1.52. The Morgan fingerprint density at radius 3 is 2.39 bits per heavy atom. The van der Waals surface area contributed by atoms with Crippen LogP contribution in [-0.4, -0.2) is 47.2 Å². The Bertz CT molecular complexity index is 928. The highest BCUT2D eigenvalue weighted by Crippen LogP contribution is 2.22. The lowest BCUT2D eigenvalue weighted by atomic mass is 10.1. The minimum atomic E-state index is -0.442. The van der Waals surface area contributed by atoms with Gasteiger partial charge in [-0.05, 0) is 37.1 Å². The first-order valence-electron chi connectivity index (χ1n) is 10.5. The van der Waals surface area contributed by atoms with Crippen molar-refractivity contribution in [2.75, 3.05) is 19.6 Å². The number of nitrogens with one attached hydrogen (secondary N) is 1. The number of carbonyl (C=O) groups is 3. The minimum Gasteiger partial charge on any atom is -0.350 e. The maximum atomic E-state index is 13.0. The summed E-state index contributed by atoms with van der Waals surface area (Å²) in [6.45, 7) is 5.23. The number of nitrogens with zero attached hydrogens (tertiary/aromatic N) is 2. The van der Waals surface area contributed by atoms with E-state index in [0.717, 1.165) is 16.7 Å². The van der Waals surface area contributed by atoms with Crippen LogP contribution >= 0.6 is 0 Å². The molecule has 6 nitrogen and oxygen atoms in total. The zero-order chi connectivity index (χ0) is 22.4. The van der Waals surface area contributed by atoms with Gasteiger partial charge in [0.1, 0.15) is 5.82 Å². The molecule has 1 atom stereocenters. The number of rotatable bonds is 8. The normalized spacial score (nSPS) is 15.8. The quantitative estimate of drug-likeness (QED) is 0.707. The number of hydrogen-bond acceptors (Lipinski definition) is 3. The third kappa shape index (κ3) is 6.13. The molecule has 3 rings (SSSR count). The Hall–Kier alpha value is -3.22. The van der Waals surface area contributed by atoms with Crippen molar-refractivity contribution in [1.29, 1.82) is 0 Å². The van der Waals surface area contributed by atoms with Crippen LogP contribution in [0.1, 0.15) is 30.0 Å². The standard InChI is InChI=1S/C24H28FN3O3/c1-3-27(16-22(29)26-13-18-8-10-21(25)11-9-18)24(31)20-12-23(30)28(15-20)14-19-6-4-17(2)5-7-19/h4-11,20H,3,12-16H2,1-2H3,(H,26,29). The molecule has 1 fully saturated rings. The summed E-state index contributed by atoms with van der Waals surface area (Å²) in [4.78, 5) is 40.9. The Labute approximate surface area is 182 Å². The molecule has 7 heteroatoms. The van der Waals surface area contributed by atoms with Gasteiger partial charge in [-0.2, -0.15) is 0 Å². The highest BCUT2D eigenvalue weighted by molar-refractivity contribution is 5.91. The average molecular weight is 426 g/mol. The molecule has 3 amide bonds. The molecule has 1 N–H and O–H groups in total. The summed E-state index contributed by atoms with van der Waals surface area (Å²) in [6, 6.07) is 13.9. The van der Waals surface area contributed by atoms with Gasteiger partial charge in [0, 0.05) is 32.6 Å². The summed E-state index contributed by atoms with van der Waals surface area (Å²) in [5, 5.41) is 2.75. The molecule has 2 aromatic rings. The molecule has 0 aromatic heterocycles. The van der Waals surface area contributed by atoms with Crippen molar-refractivity contribution >= 4 is 17.7 Å². The number of amides is 3. The predicted octanol–water partition coefficient (Wildman–Crippen LogP) is 2.65. The second-order valence-electron chi connectivity index (χ2n) is 7.92. The van der Waals surface area contributed by atoms with Crippen molar-refractivity contribution in [3.8, 4) is 0 Å². The van der Waals surface area contributed by atoms with E-state index in [0.29, 0.717) is 19.6 Å². The second-order valence-corrected chi connectivity index (χ2v) is 7.92. The zero-order valence-electron chi connectivity index (χ0n) is 17.9. The van der Waals surface area contributed by atoms with Crippen molar-refractivity contribution in [2.45, 2.75) is 33.4 Å². The van der Waals surface area contributed by atoms with Crippen molar-refractivity contribution in [3.63, 3.8) is 0 Å². The average Bonchev–Trinajstić information content (AvgIpc) is 3.13. The number of hydrogen-bond donors (Lipinski definition) is 1. The maximum absolute atomic E-state index is 13.0. The van der Waals surface area contributed by atoms with E-state index in [1.54, 1.807) is 17.0 Å². The van der Waals surface area contributed by atoms with Crippen molar-refractivity contribution in [3.05, 3.63) is 71.0 Å². The first-order chi connectivity index (χ1) is 14.9. The molecule has 1 aliphatic rings. The maximum Gasteiger partial charge on any atom is 0.239 e. The number of carbonyl (C=O) groups excluding carboxylic acids is 3. The van der Waals surface area contributed by atoms with Gasteiger partial charge >= 0.3 is 0 Å². The molecule has 31 heavy (non-hydrogen) atoms. The first-order valence-corrected chi connectivity index (χ1v) is 10.5. The third-order valence-electron chi connectivity index (χ3n) is 5.49. The molecule has 2 aromatic carbocycles. The molecule has 0 radical (unpaired) electrons. The van der Waals surface area contributed by atoms with Gasteiger partial charge in [-0.15, -0.1) is 0 Å². The van der Waals surface area contributed by atoms with Crippen molar-refractivity contribution < 1.29 is 18.8 Å². The predicted molar refractivity (Wildman–Crippen MR) is 115 cm³/mol. The van der Waals surface area contributed by atoms with E-state index in [4.69, 9.17) is 0 Å². The molecule has 1 aliphatic heterocycles. The number of likely N-dealkylation sites (N-methyl/N-ethyl adjacent to an activating group) is 1. The lowest BCUT2D eigenvalue weighted by Gasteiger charge is -2.24. The van der Waals surface area contributed by atoms with Crippen LogP contribution in [0.3, 0.4) is 0 Å². The topological polar surface area (TPSA) is 69.7 Å². The third-order valence-corrected chi connectivity index (χ3v) is 5.49. The van der Waals surface area contributed by atoms with Crippen LogP contribution in [0.15, 0.2) is 48.5 Å². The fraction of sp³-hybridized carbons (Fsp3) is 0.375. The summed E-state index contributed by atoms with van der Waals surface area (Å²) in [5.41, 5.74) is 2.96. The highest BCUT2D eigenvalue weighted by atomic mass is 19.1. The van der Waals surface area contributed by atoms with Gasteiger partial charge in [0.2, 0.25) is 17.7 Å². The Morgan fingerprint density at radius 1 is 1.10 bits per heavy atom. The van der Waals surface area contributed by atoms with Crippen LogP contribution in [0.4, 0.5) is 4.39 Å². The largest absolute Gasteiger partial charge is 0.350 e. The lowest BCUT2D eigenvalue weighted by Crippen LogP contribution is -2.43. The van der Waals surface area contributed by atoms with Gasteiger partial charge < -0.3 is 15.1 Å². The number of benzene rings is 2. The van der Waals surface area contributed by atoms with E-state index in [9.17, 15) is 18.8 Å². The zero-order valence-corrected chi connectivity index (χ0v) is 17.9. The summed E-state index contributed by atoms with van der Waals surface area (Å²) in [7, 11) is 0. The highest BCUT2D eigenvalue weighted by Gasteiger charge is 2.36. The van der Waals surface area contributed by atoms with Gasteiger partial charge in [-0.25, -0.2) is 4.39 Å². The number of likely N-dealkylation sites (tertiary alicyclic amines) is 1.